The number of nitrogens with zero attached hydrogens (tertiary/aromatic N) is 1. The quantitative estimate of drug-likeness (QED) is 0.340. The zero-order valence-corrected chi connectivity index (χ0v) is 20.5. The topological polar surface area (TPSA) is 48.0 Å². The Morgan fingerprint density at radius 1 is 1.34 bits per heavy atom. The molecule has 2 saturated heterocycles. The summed E-state index contributed by atoms with van der Waals surface area (Å²) in [5.41, 5.74) is 1.61. The number of thiocarbonyl (C=S) groups is 1. The number of halogens is 2. The van der Waals surface area contributed by atoms with Crippen molar-refractivity contribution >= 4 is 56.2 Å². The highest BCUT2D eigenvalue weighted by molar-refractivity contribution is 9.10. The molecule has 1 amide bonds. The fraction of sp³-hybridized carbons (Fsp3) is 0.304. The van der Waals surface area contributed by atoms with Gasteiger partial charge in [-0.3, -0.25) is 9.69 Å². The number of amides is 1. The van der Waals surface area contributed by atoms with Crippen molar-refractivity contribution in [1.82, 2.24) is 4.90 Å². The molecule has 0 radical (unpaired) electrons. The monoisotopic (exact) mass is 537 g/mol. The number of carbonyl (C=O) groups is 1. The Morgan fingerprint density at radius 3 is 2.81 bits per heavy atom. The van der Waals surface area contributed by atoms with Gasteiger partial charge in [-0.1, -0.05) is 36.1 Å². The third-order valence-corrected chi connectivity index (χ3v) is 7.10. The SMILES string of the molecule is COc1cc(/C=C2\SC(=S)N(C[C@H]3CCCO3)C2=O)cc(Br)c1OCc1ccc(F)cc1. The van der Waals surface area contributed by atoms with Crippen molar-refractivity contribution in [2.24, 2.45) is 0 Å². The molecule has 9 heteroatoms. The smallest absolute Gasteiger partial charge is 0.266 e. The van der Waals surface area contributed by atoms with Gasteiger partial charge in [-0.2, -0.15) is 0 Å². The molecule has 0 unspecified atom stereocenters. The third-order valence-electron chi connectivity index (χ3n) is 5.13. The van der Waals surface area contributed by atoms with Gasteiger partial charge in [0.25, 0.3) is 5.91 Å². The fourth-order valence-corrected chi connectivity index (χ4v) is 5.35. The molecular weight excluding hydrogens is 517 g/mol. The summed E-state index contributed by atoms with van der Waals surface area (Å²) in [6.07, 6.45) is 3.80. The van der Waals surface area contributed by atoms with Crippen molar-refractivity contribution in [1.29, 1.82) is 0 Å². The van der Waals surface area contributed by atoms with Crippen molar-refractivity contribution in [3.8, 4) is 11.5 Å². The molecule has 0 aliphatic carbocycles. The molecule has 32 heavy (non-hydrogen) atoms. The van der Waals surface area contributed by atoms with Crippen molar-refractivity contribution in [3.05, 3.63) is 62.7 Å². The van der Waals surface area contributed by atoms with E-state index in [2.05, 4.69) is 15.9 Å². The molecule has 0 aromatic heterocycles. The number of rotatable bonds is 7. The van der Waals surface area contributed by atoms with Crippen LogP contribution in [0.15, 0.2) is 45.8 Å². The molecule has 2 aliphatic heterocycles. The van der Waals surface area contributed by atoms with Crippen LogP contribution in [0.1, 0.15) is 24.0 Å². The van der Waals surface area contributed by atoms with Gasteiger partial charge >= 0.3 is 0 Å². The van der Waals surface area contributed by atoms with Crippen LogP contribution in [-0.4, -0.2) is 41.5 Å². The van der Waals surface area contributed by atoms with Crippen LogP contribution >= 0.6 is 39.9 Å². The number of ether oxygens (including phenoxy) is 3. The number of hydrogen-bond acceptors (Lipinski definition) is 6. The van der Waals surface area contributed by atoms with Gasteiger partial charge in [0.15, 0.2) is 11.5 Å². The Balaban J connectivity index is 1.50. The zero-order valence-electron chi connectivity index (χ0n) is 17.3. The van der Waals surface area contributed by atoms with E-state index in [0.717, 1.165) is 30.6 Å². The van der Waals surface area contributed by atoms with Crippen LogP contribution in [-0.2, 0) is 16.1 Å². The maximum atomic E-state index is 13.1. The first-order valence-electron chi connectivity index (χ1n) is 10.1. The Bertz CT molecular complexity index is 1050. The van der Waals surface area contributed by atoms with Gasteiger partial charge in [-0.15, -0.1) is 0 Å². The summed E-state index contributed by atoms with van der Waals surface area (Å²) in [5.74, 6) is 0.641. The van der Waals surface area contributed by atoms with Crippen LogP contribution < -0.4 is 9.47 Å². The average Bonchev–Trinajstić information content (AvgIpc) is 3.38. The first kappa shape index (κ1) is 23.2. The average molecular weight is 538 g/mol. The van der Waals surface area contributed by atoms with Gasteiger partial charge in [0.1, 0.15) is 16.7 Å². The molecule has 1 atom stereocenters. The van der Waals surface area contributed by atoms with Crippen molar-refractivity contribution < 1.29 is 23.4 Å². The summed E-state index contributed by atoms with van der Waals surface area (Å²) in [6, 6.07) is 9.78. The summed E-state index contributed by atoms with van der Waals surface area (Å²) in [5, 5.41) is 0. The molecule has 0 N–H and O–H groups in total. The summed E-state index contributed by atoms with van der Waals surface area (Å²) in [6.45, 7) is 1.49. The number of carbonyl (C=O) groups excluding carboxylic acids is 1. The lowest BCUT2D eigenvalue weighted by Crippen LogP contribution is -2.35. The molecule has 2 aliphatic rings. The predicted molar refractivity (Wildman–Crippen MR) is 130 cm³/mol. The Kier molecular flexibility index (Phi) is 7.50. The van der Waals surface area contributed by atoms with Gasteiger partial charge in [0.05, 0.1) is 29.1 Å². The van der Waals surface area contributed by atoms with Gasteiger partial charge in [0.2, 0.25) is 0 Å². The minimum Gasteiger partial charge on any atom is -0.493 e. The van der Waals surface area contributed by atoms with Crippen LogP contribution in [0.3, 0.4) is 0 Å². The van der Waals surface area contributed by atoms with Crippen LogP contribution in [0.2, 0.25) is 0 Å². The Morgan fingerprint density at radius 2 is 2.12 bits per heavy atom. The van der Waals surface area contributed by atoms with E-state index in [1.807, 2.05) is 6.07 Å². The zero-order chi connectivity index (χ0) is 22.7. The molecule has 2 fully saturated rings. The van der Waals surface area contributed by atoms with Crippen molar-refractivity contribution in [2.45, 2.75) is 25.6 Å². The molecule has 4 rings (SSSR count). The normalized spacial score (nSPS) is 19.8. The number of thioether (sulfide) groups is 1. The Labute approximate surface area is 204 Å². The van der Waals surface area contributed by atoms with Crippen LogP contribution in [0.5, 0.6) is 11.5 Å². The predicted octanol–water partition coefficient (Wildman–Crippen LogP) is 5.56. The molecule has 2 aromatic rings. The Hall–Kier alpha value is -1.94. The standard InChI is InChI=1S/C23H21BrFNO4S2/c1-28-19-10-15(9-18(24)21(19)30-13-14-4-6-16(25)7-5-14)11-20-22(27)26(23(31)32-20)12-17-3-2-8-29-17/h4-7,9-11,17H,2-3,8,12-13H2,1H3/b20-11-/t17-/m1/s1. The van der Waals surface area contributed by atoms with E-state index in [0.29, 0.717) is 31.7 Å². The second-order valence-electron chi connectivity index (χ2n) is 7.38. The number of hydrogen-bond donors (Lipinski definition) is 0. The van der Waals surface area contributed by atoms with Crippen LogP contribution in [0.25, 0.3) is 6.08 Å². The second kappa shape index (κ2) is 10.3. The lowest BCUT2D eigenvalue weighted by molar-refractivity contribution is -0.123. The summed E-state index contributed by atoms with van der Waals surface area (Å²) >= 11 is 10.2. The van der Waals surface area contributed by atoms with Crippen molar-refractivity contribution in [3.63, 3.8) is 0 Å². The van der Waals surface area contributed by atoms with E-state index in [1.54, 1.807) is 36.3 Å². The van der Waals surface area contributed by atoms with E-state index in [4.69, 9.17) is 26.4 Å². The van der Waals surface area contributed by atoms with Crippen molar-refractivity contribution in [2.75, 3.05) is 20.3 Å². The largest absolute Gasteiger partial charge is 0.493 e. The van der Waals surface area contributed by atoms with E-state index in [-0.39, 0.29) is 24.4 Å². The molecule has 2 heterocycles. The second-order valence-corrected chi connectivity index (χ2v) is 9.91. The van der Waals surface area contributed by atoms with Gasteiger partial charge in [-0.25, -0.2) is 4.39 Å². The van der Waals surface area contributed by atoms with Gasteiger partial charge < -0.3 is 14.2 Å². The maximum Gasteiger partial charge on any atom is 0.266 e. The maximum absolute atomic E-state index is 13.1. The molecular formula is C23H21BrFNO4S2. The summed E-state index contributed by atoms with van der Waals surface area (Å²) < 4.78 is 31.4. The fourth-order valence-electron chi connectivity index (χ4n) is 3.50. The van der Waals surface area contributed by atoms with Crippen LogP contribution in [0.4, 0.5) is 4.39 Å². The van der Waals surface area contributed by atoms with E-state index in [1.165, 1.54) is 23.9 Å². The molecule has 5 nitrogen and oxygen atoms in total. The minimum absolute atomic E-state index is 0.0450. The van der Waals surface area contributed by atoms with E-state index >= 15 is 0 Å². The summed E-state index contributed by atoms with van der Waals surface area (Å²) in [4.78, 5) is 15.1. The van der Waals surface area contributed by atoms with Gasteiger partial charge in [-0.05, 0) is 70.2 Å². The third kappa shape index (κ3) is 5.33. The molecule has 168 valence electrons. The van der Waals surface area contributed by atoms with Gasteiger partial charge in [0, 0.05) is 6.61 Å². The lowest BCUT2D eigenvalue weighted by atomic mass is 10.1. The number of methoxy groups -OCH3 is 1. The first-order chi connectivity index (χ1) is 15.4. The van der Waals surface area contributed by atoms with Crippen LogP contribution in [0, 0.1) is 5.82 Å². The highest BCUT2D eigenvalue weighted by Gasteiger charge is 2.34. The van der Waals surface area contributed by atoms with E-state index < -0.39 is 0 Å². The minimum atomic E-state index is -0.293. The van der Waals surface area contributed by atoms with E-state index in [9.17, 15) is 9.18 Å². The summed E-state index contributed by atoms with van der Waals surface area (Å²) in [7, 11) is 1.55. The molecule has 2 aromatic carbocycles. The lowest BCUT2D eigenvalue weighted by Gasteiger charge is -2.18. The molecule has 0 bridgehead atoms. The molecule has 0 spiro atoms. The highest BCUT2D eigenvalue weighted by Crippen LogP contribution is 2.39. The molecule has 0 saturated carbocycles. The highest BCUT2D eigenvalue weighted by atomic mass is 79.9. The first-order valence-corrected chi connectivity index (χ1v) is 12.1. The number of benzene rings is 2.